The highest BCUT2D eigenvalue weighted by molar-refractivity contribution is 5.14. The summed E-state index contributed by atoms with van der Waals surface area (Å²) in [7, 11) is 0. The fraction of sp³-hybridized carbons (Fsp3) is 0.667. The molecule has 0 aromatic carbocycles. The third-order valence-corrected chi connectivity index (χ3v) is 3.65. The average Bonchev–Trinajstić information content (AvgIpc) is 2.58. The van der Waals surface area contributed by atoms with Gasteiger partial charge in [-0.05, 0) is 36.8 Å². The van der Waals surface area contributed by atoms with Crippen molar-refractivity contribution in [3.63, 3.8) is 0 Å². The molecule has 0 saturated heterocycles. The maximum absolute atomic E-state index is 5.38. The topological polar surface area (TPSA) is 25.2 Å². The normalized spacial score (nSPS) is 31.5. The first-order valence-electron chi connectivity index (χ1n) is 5.45. The van der Waals surface area contributed by atoms with Crippen molar-refractivity contribution in [3.8, 4) is 0 Å². The lowest BCUT2D eigenvalue weighted by atomic mass is 9.71. The van der Waals surface area contributed by atoms with Crippen LogP contribution in [0.2, 0.25) is 0 Å². The van der Waals surface area contributed by atoms with Crippen LogP contribution in [-0.2, 0) is 6.54 Å². The maximum atomic E-state index is 5.38. The Morgan fingerprint density at radius 1 is 1.50 bits per heavy atom. The van der Waals surface area contributed by atoms with Gasteiger partial charge in [0.15, 0.2) is 0 Å². The van der Waals surface area contributed by atoms with Crippen LogP contribution in [0.25, 0.3) is 0 Å². The van der Waals surface area contributed by atoms with Crippen molar-refractivity contribution in [2.75, 3.05) is 0 Å². The number of rotatable bonds is 3. The minimum Gasteiger partial charge on any atom is -0.468 e. The lowest BCUT2D eigenvalue weighted by molar-refractivity contribution is 0.134. The van der Waals surface area contributed by atoms with Crippen molar-refractivity contribution in [2.24, 2.45) is 11.8 Å². The summed E-state index contributed by atoms with van der Waals surface area (Å²) in [6.45, 7) is 7.61. The van der Waals surface area contributed by atoms with Gasteiger partial charge in [-0.15, -0.1) is 0 Å². The number of aryl methyl sites for hydroxylation is 1. The molecule has 2 rings (SSSR count). The molecule has 1 aliphatic carbocycles. The quantitative estimate of drug-likeness (QED) is 0.798. The predicted octanol–water partition coefficient (Wildman–Crippen LogP) is 2.72. The Morgan fingerprint density at radius 2 is 2.29 bits per heavy atom. The Bertz CT molecular complexity index is 305. The van der Waals surface area contributed by atoms with Crippen LogP contribution in [0.1, 0.15) is 31.6 Å². The zero-order chi connectivity index (χ0) is 10.1. The lowest BCUT2D eigenvalue weighted by Gasteiger charge is -2.41. The fourth-order valence-corrected chi connectivity index (χ4v) is 2.11. The number of nitrogens with one attached hydrogen (secondary N) is 1. The third-order valence-electron chi connectivity index (χ3n) is 3.65. The first kappa shape index (κ1) is 9.78. The molecule has 0 spiro atoms. The minimum absolute atomic E-state index is 0.689. The highest BCUT2D eigenvalue weighted by atomic mass is 16.3. The van der Waals surface area contributed by atoms with E-state index in [0.29, 0.717) is 6.04 Å². The van der Waals surface area contributed by atoms with E-state index in [0.717, 1.165) is 24.1 Å². The Balaban J connectivity index is 1.81. The Kier molecular flexibility index (Phi) is 2.64. The molecule has 1 saturated carbocycles. The summed E-state index contributed by atoms with van der Waals surface area (Å²) in [4.78, 5) is 0. The molecule has 78 valence electrons. The molecule has 1 fully saturated rings. The summed E-state index contributed by atoms with van der Waals surface area (Å²) in [6.07, 6.45) is 3.07. The van der Waals surface area contributed by atoms with Crippen molar-refractivity contribution in [1.82, 2.24) is 5.32 Å². The molecule has 1 aromatic rings. The Labute approximate surface area is 85.7 Å². The van der Waals surface area contributed by atoms with Crippen molar-refractivity contribution in [2.45, 2.75) is 39.8 Å². The van der Waals surface area contributed by atoms with Crippen LogP contribution >= 0.6 is 0 Å². The molecule has 0 radical (unpaired) electrons. The van der Waals surface area contributed by atoms with Gasteiger partial charge in [-0.2, -0.15) is 0 Å². The van der Waals surface area contributed by atoms with E-state index in [9.17, 15) is 0 Å². The van der Waals surface area contributed by atoms with Gasteiger partial charge in [0, 0.05) is 6.04 Å². The maximum Gasteiger partial charge on any atom is 0.120 e. The summed E-state index contributed by atoms with van der Waals surface area (Å²) < 4.78 is 5.38. The van der Waals surface area contributed by atoms with Crippen LogP contribution in [0, 0.1) is 18.8 Å². The Morgan fingerprint density at radius 3 is 2.79 bits per heavy atom. The number of hydrogen-bond donors (Lipinski definition) is 1. The molecule has 1 heterocycles. The number of furan rings is 1. The molecule has 0 amide bonds. The zero-order valence-electron chi connectivity index (χ0n) is 9.21. The lowest BCUT2D eigenvalue weighted by Crippen LogP contribution is -2.47. The van der Waals surface area contributed by atoms with E-state index in [1.165, 1.54) is 12.0 Å². The van der Waals surface area contributed by atoms with Gasteiger partial charge in [0.25, 0.3) is 0 Å². The standard InChI is InChI=1S/C12H19NO/c1-8-4-5-14-12(8)7-13-11-6-9(2)10(11)3/h4-5,9-11,13H,6-7H2,1-3H3. The fourth-order valence-electron chi connectivity index (χ4n) is 2.11. The molecule has 1 N–H and O–H groups in total. The van der Waals surface area contributed by atoms with E-state index >= 15 is 0 Å². The second-order valence-corrected chi connectivity index (χ2v) is 4.59. The minimum atomic E-state index is 0.689. The SMILES string of the molecule is Cc1ccoc1CNC1CC(C)C1C. The molecular weight excluding hydrogens is 174 g/mol. The molecule has 14 heavy (non-hydrogen) atoms. The van der Waals surface area contributed by atoms with E-state index in [-0.39, 0.29) is 0 Å². The Hall–Kier alpha value is -0.760. The monoisotopic (exact) mass is 193 g/mol. The van der Waals surface area contributed by atoms with Gasteiger partial charge in [0.1, 0.15) is 5.76 Å². The van der Waals surface area contributed by atoms with E-state index < -0.39 is 0 Å². The zero-order valence-corrected chi connectivity index (χ0v) is 9.21. The van der Waals surface area contributed by atoms with Crippen LogP contribution in [0.4, 0.5) is 0 Å². The molecule has 1 aliphatic rings. The van der Waals surface area contributed by atoms with Crippen molar-refractivity contribution in [1.29, 1.82) is 0 Å². The molecule has 2 heteroatoms. The molecule has 3 unspecified atom stereocenters. The summed E-state index contributed by atoms with van der Waals surface area (Å²) >= 11 is 0. The van der Waals surface area contributed by atoms with Crippen LogP contribution in [0.5, 0.6) is 0 Å². The molecular formula is C12H19NO. The summed E-state index contributed by atoms with van der Waals surface area (Å²) in [5.74, 6) is 2.77. The largest absolute Gasteiger partial charge is 0.468 e. The summed E-state index contributed by atoms with van der Waals surface area (Å²) in [6, 6.07) is 2.71. The second-order valence-electron chi connectivity index (χ2n) is 4.59. The first-order valence-corrected chi connectivity index (χ1v) is 5.45. The highest BCUT2D eigenvalue weighted by Gasteiger charge is 2.33. The van der Waals surface area contributed by atoms with E-state index in [1.54, 1.807) is 6.26 Å². The van der Waals surface area contributed by atoms with Crippen LogP contribution in [-0.4, -0.2) is 6.04 Å². The third kappa shape index (κ3) is 1.71. The van der Waals surface area contributed by atoms with Crippen LogP contribution in [0.15, 0.2) is 16.7 Å². The highest BCUT2D eigenvalue weighted by Crippen LogP contribution is 2.33. The first-order chi connectivity index (χ1) is 6.68. The van der Waals surface area contributed by atoms with Gasteiger partial charge in [-0.25, -0.2) is 0 Å². The van der Waals surface area contributed by atoms with Crippen molar-refractivity contribution >= 4 is 0 Å². The van der Waals surface area contributed by atoms with Gasteiger partial charge in [0.2, 0.25) is 0 Å². The molecule has 2 nitrogen and oxygen atoms in total. The van der Waals surface area contributed by atoms with Crippen LogP contribution in [0.3, 0.4) is 0 Å². The molecule has 1 aromatic heterocycles. The van der Waals surface area contributed by atoms with E-state index in [2.05, 4.69) is 26.1 Å². The van der Waals surface area contributed by atoms with Gasteiger partial charge < -0.3 is 9.73 Å². The van der Waals surface area contributed by atoms with E-state index in [1.807, 2.05) is 6.07 Å². The van der Waals surface area contributed by atoms with E-state index in [4.69, 9.17) is 4.42 Å². The summed E-state index contributed by atoms with van der Waals surface area (Å²) in [5, 5.41) is 3.55. The van der Waals surface area contributed by atoms with Crippen molar-refractivity contribution in [3.05, 3.63) is 23.7 Å². The van der Waals surface area contributed by atoms with Crippen LogP contribution < -0.4 is 5.32 Å². The van der Waals surface area contributed by atoms with Gasteiger partial charge >= 0.3 is 0 Å². The predicted molar refractivity (Wildman–Crippen MR) is 57.0 cm³/mol. The average molecular weight is 193 g/mol. The molecule has 0 aliphatic heterocycles. The number of hydrogen-bond acceptors (Lipinski definition) is 2. The smallest absolute Gasteiger partial charge is 0.120 e. The molecule has 3 atom stereocenters. The van der Waals surface area contributed by atoms with Gasteiger partial charge in [-0.3, -0.25) is 0 Å². The second kappa shape index (κ2) is 3.77. The summed E-state index contributed by atoms with van der Waals surface area (Å²) in [5.41, 5.74) is 1.25. The van der Waals surface area contributed by atoms with Gasteiger partial charge in [-0.1, -0.05) is 13.8 Å². The van der Waals surface area contributed by atoms with Gasteiger partial charge in [0.05, 0.1) is 12.8 Å². The van der Waals surface area contributed by atoms with Crippen molar-refractivity contribution < 1.29 is 4.42 Å². The molecule has 0 bridgehead atoms.